The largest absolute Gasteiger partial charge is 0.248 e. The highest BCUT2D eigenvalue weighted by molar-refractivity contribution is 7.89. The molecule has 8 heteroatoms. The standard InChI is InChI=1S/C9H8ClN3O2S2/c10-8-5-7(1-2-11-8)17(14,15)13-6-9-12-3-4-16-9/h1-5,13H,6H2. The highest BCUT2D eigenvalue weighted by Gasteiger charge is 2.14. The fourth-order valence-electron chi connectivity index (χ4n) is 1.13. The Labute approximate surface area is 108 Å². The molecule has 0 radical (unpaired) electrons. The molecule has 0 amide bonds. The van der Waals surface area contributed by atoms with Gasteiger partial charge in [0.05, 0.1) is 11.4 Å². The maximum absolute atomic E-state index is 11.9. The van der Waals surface area contributed by atoms with E-state index in [0.29, 0.717) is 5.01 Å². The lowest BCUT2D eigenvalue weighted by Crippen LogP contribution is -2.23. The molecule has 0 aliphatic heterocycles. The topological polar surface area (TPSA) is 72.0 Å². The summed E-state index contributed by atoms with van der Waals surface area (Å²) in [5.41, 5.74) is 0. The molecule has 2 aromatic heterocycles. The van der Waals surface area contributed by atoms with Crippen molar-refractivity contribution in [2.45, 2.75) is 11.4 Å². The highest BCUT2D eigenvalue weighted by atomic mass is 35.5. The summed E-state index contributed by atoms with van der Waals surface area (Å²) in [7, 11) is -3.57. The first-order valence-electron chi connectivity index (χ1n) is 4.57. The summed E-state index contributed by atoms with van der Waals surface area (Å²) in [5.74, 6) is 0. The quantitative estimate of drug-likeness (QED) is 0.869. The maximum Gasteiger partial charge on any atom is 0.241 e. The molecule has 0 spiro atoms. The Morgan fingerprint density at radius 1 is 1.35 bits per heavy atom. The predicted octanol–water partition coefficient (Wildman–Crippen LogP) is 1.67. The van der Waals surface area contributed by atoms with Crippen LogP contribution < -0.4 is 4.72 Å². The molecule has 0 unspecified atom stereocenters. The summed E-state index contributed by atoms with van der Waals surface area (Å²) in [6, 6.07) is 2.68. The minimum Gasteiger partial charge on any atom is -0.248 e. The van der Waals surface area contributed by atoms with Crippen LogP contribution in [0.1, 0.15) is 5.01 Å². The number of hydrogen-bond acceptors (Lipinski definition) is 5. The van der Waals surface area contributed by atoms with Crippen molar-refractivity contribution in [3.63, 3.8) is 0 Å². The average molecular weight is 290 g/mol. The Hall–Kier alpha value is -1.02. The molecule has 0 atom stereocenters. The van der Waals surface area contributed by atoms with Gasteiger partial charge >= 0.3 is 0 Å². The molecule has 2 aromatic rings. The Morgan fingerprint density at radius 3 is 2.82 bits per heavy atom. The van der Waals surface area contributed by atoms with Gasteiger partial charge in [-0.15, -0.1) is 11.3 Å². The maximum atomic E-state index is 11.9. The first-order valence-corrected chi connectivity index (χ1v) is 7.31. The van der Waals surface area contributed by atoms with E-state index in [2.05, 4.69) is 14.7 Å². The van der Waals surface area contributed by atoms with Crippen molar-refractivity contribution in [2.75, 3.05) is 0 Å². The van der Waals surface area contributed by atoms with E-state index in [9.17, 15) is 8.42 Å². The fourth-order valence-corrected chi connectivity index (χ4v) is 3.02. The summed E-state index contributed by atoms with van der Waals surface area (Å²) >= 11 is 7.02. The molecule has 0 fully saturated rings. The number of nitrogens with zero attached hydrogens (tertiary/aromatic N) is 2. The molecule has 0 bridgehead atoms. The van der Waals surface area contributed by atoms with E-state index in [-0.39, 0.29) is 16.6 Å². The number of nitrogens with one attached hydrogen (secondary N) is 1. The SMILES string of the molecule is O=S(=O)(NCc1nccs1)c1ccnc(Cl)c1. The summed E-state index contributed by atoms with van der Waals surface area (Å²) < 4.78 is 26.2. The Morgan fingerprint density at radius 2 is 2.18 bits per heavy atom. The van der Waals surface area contributed by atoms with Crippen molar-refractivity contribution < 1.29 is 8.42 Å². The van der Waals surface area contributed by atoms with E-state index in [0.717, 1.165) is 0 Å². The number of sulfonamides is 1. The molecular weight excluding hydrogens is 282 g/mol. The average Bonchev–Trinajstić information content (AvgIpc) is 2.79. The number of rotatable bonds is 4. The number of thiazole rings is 1. The van der Waals surface area contributed by atoms with Crippen LogP contribution in [0.3, 0.4) is 0 Å². The first kappa shape index (κ1) is 12.4. The van der Waals surface area contributed by atoms with Gasteiger partial charge in [-0.25, -0.2) is 23.1 Å². The minimum absolute atomic E-state index is 0.0917. The number of aromatic nitrogens is 2. The van der Waals surface area contributed by atoms with Crippen LogP contribution in [-0.2, 0) is 16.6 Å². The number of hydrogen-bond donors (Lipinski definition) is 1. The second-order valence-corrected chi connectivity index (χ2v) is 6.20. The van der Waals surface area contributed by atoms with E-state index in [1.165, 1.54) is 29.7 Å². The van der Waals surface area contributed by atoms with Gasteiger partial charge in [-0.3, -0.25) is 0 Å². The fraction of sp³-hybridized carbons (Fsp3) is 0.111. The molecule has 0 aromatic carbocycles. The zero-order valence-electron chi connectivity index (χ0n) is 8.50. The van der Waals surface area contributed by atoms with Gasteiger partial charge in [0.25, 0.3) is 0 Å². The van der Waals surface area contributed by atoms with E-state index in [1.54, 1.807) is 11.6 Å². The molecular formula is C9H8ClN3O2S2. The lowest BCUT2D eigenvalue weighted by Gasteiger charge is -2.04. The lowest BCUT2D eigenvalue weighted by atomic mass is 10.5. The van der Waals surface area contributed by atoms with Crippen molar-refractivity contribution in [3.8, 4) is 0 Å². The van der Waals surface area contributed by atoms with Crippen LogP contribution in [-0.4, -0.2) is 18.4 Å². The van der Waals surface area contributed by atoms with Crippen LogP contribution in [0.25, 0.3) is 0 Å². The number of halogens is 1. The van der Waals surface area contributed by atoms with Crippen LogP contribution in [0, 0.1) is 0 Å². The van der Waals surface area contributed by atoms with Crippen LogP contribution in [0.2, 0.25) is 5.15 Å². The van der Waals surface area contributed by atoms with Gasteiger partial charge in [0.1, 0.15) is 10.2 Å². The van der Waals surface area contributed by atoms with Crippen LogP contribution in [0.5, 0.6) is 0 Å². The monoisotopic (exact) mass is 289 g/mol. The van der Waals surface area contributed by atoms with Crippen molar-refractivity contribution >= 4 is 33.0 Å². The molecule has 1 N–H and O–H groups in total. The third-order valence-electron chi connectivity index (χ3n) is 1.91. The zero-order valence-corrected chi connectivity index (χ0v) is 10.9. The second kappa shape index (κ2) is 5.09. The number of pyridine rings is 1. The normalized spacial score (nSPS) is 11.6. The van der Waals surface area contributed by atoms with Crippen molar-refractivity contribution in [1.82, 2.24) is 14.7 Å². The summed E-state index contributed by atoms with van der Waals surface area (Å²) in [4.78, 5) is 7.80. The summed E-state index contributed by atoms with van der Waals surface area (Å²) in [6.07, 6.45) is 2.97. The molecule has 0 saturated heterocycles. The molecule has 2 rings (SSSR count). The highest BCUT2D eigenvalue weighted by Crippen LogP contribution is 2.13. The smallest absolute Gasteiger partial charge is 0.241 e. The third-order valence-corrected chi connectivity index (χ3v) is 4.29. The Balaban J connectivity index is 2.14. The van der Waals surface area contributed by atoms with E-state index < -0.39 is 10.0 Å². The molecule has 90 valence electrons. The van der Waals surface area contributed by atoms with Gasteiger partial charge < -0.3 is 0 Å². The van der Waals surface area contributed by atoms with E-state index in [1.807, 2.05) is 0 Å². The predicted molar refractivity (Wildman–Crippen MR) is 65.4 cm³/mol. The Bertz CT molecular complexity index is 598. The summed E-state index contributed by atoms with van der Waals surface area (Å²) in [6.45, 7) is 0.167. The van der Waals surface area contributed by atoms with Crippen molar-refractivity contribution in [2.24, 2.45) is 0 Å². The van der Waals surface area contributed by atoms with Crippen molar-refractivity contribution in [3.05, 3.63) is 40.1 Å². The second-order valence-electron chi connectivity index (χ2n) is 3.06. The molecule has 0 aliphatic rings. The zero-order chi connectivity index (χ0) is 12.3. The third kappa shape index (κ3) is 3.22. The van der Waals surface area contributed by atoms with Crippen molar-refractivity contribution in [1.29, 1.82) is 0 Å². The van der Waals surface area contributed by atoms with Gasteiger partial charge in [-0.05, 0) is 12.1 Å². The van der Waals surface area contributed by atoms with Gasteiger partial charge in [0.2, 0.25) is 10.0 Å². The lowest BCUT2D eigenvalue weighted by molar-refractivity contribution is 0.581. The van der Waals surface area contributed by atoms with Gasteiger partial charge in [-0.1, -0.05) is 11.6 Å². The van der Waals surface area contributed by atoms with E-state index >= 15 is 0 Å². The molecule has 5 nitrogen and oxygen atoms in total. The van der Waals surface area contributed by atoms with E-state index in [4.69, 9.17) is 11.6 Å². The Kier molecular flexibility index (Phi) is 3.72. The molecule has 2 heterocycles. The van der Waals surface area contributed by atoms with Gasteiger partial charge in [0, 0.05) is 17.8 Å². The van der Waals surface area contributed by atoms with Crippen LogP contribution in [0.4, 0.5) is 0 Å². The molecule has 17 heavy (non-hydrogen) atoms. The minimum atomic E-state index is -3.57. The molecule has 0 aliphatic carbocycles. The van der Waals surface area contributed by atoms with Crippen LogP contribution in [0.15, 0.2) is 34.8 Å². The van der Waals surface area contributed by atoms with Gasteiger partial charge in [-0.2, -0.15) is 0 Å². The first-order chi connectivity index (χ1) is 8.08. The summed E-state index contributed by atoms with van der Waals surface area (Å²) in [5, 5.41) is 2.63. The van der Waals surface area contributed by atoms with Gasteiger partial charge in [0.15, 0.2) is 0 Å². The van der Waals surface area contributed by atoms with Crippen LogP contribution >= 0.6 is 22.9 Å². The molecule has 0 saturated carbocycles.